The van der Waals surface area contributed by atoms with Crippen molar-refractivity contribution in [1.29, 1.82) is 0 Å². The lowest BCUT2D eigenvalue weighted by Gasteiger charge is -2.25. The fraction of sp³-hybridized carbons (Fsp3) is 0.900. The van der Waals surface area contributed by atoms with Crippen molar-refractivity contribution in [3.05, 3.63) is 0 Å². The number of aliphatic carboxylic acids is 1. The van der Waals surface area contributed by atoms with Crippen LogP contribution in [0.5, 0.6) is 0 Å². The molecule has 16 heavy (non-hydrogen) atoms. The van der Waals surface area contributed by atoms with Gasteiger partial charge in [-0.3, -0.25) is 4.79 Å². The number of carbonyl (C=O) groups is 1. The van der Waals surface area contributed by atoms with Crippen LogP contribution in [0, 0.1) is 11.8 Å². The van der Waals surface area contributed by atoms with Crippen LogP contribution in [0.3, 0.4) is 0 Å². The zero-order valence-corrected chi connectivity index (χ0v) is 10.1. The maximum absolute atomic E-state index is 11.9. The van der Waals surface area contributed by atoms with E-state index in [0.29, 0.717) is 19.4 Å². The van der Waals surface area contributed by atoms with Crippen LogP contribution in [0.25, 0.3) is 0 Å². The van der Waals surface area contributed by atoms with Crippen molar-refractivity contribution in [3.63, 3.8) is 0 Å². The third kappa shape index (κ3) is 1.96. The van der Waals surface area contributed by atoms with Crippen LogP contribution in [0.2, 0.25) is 0 Å². The minimum Gasteiger partial charge on any atom is -0.481 e. The molecule has 3 atom stereocenters. The van der Waals surface area contributed by atoms with E-state index in [1.165, 1.54) is 4.31 Å². The Bertz CT molecular complexity index is 392. The molecular formula is C10H17NO4S. The summed E-state index contributed by atoms with van der Waals surface area (Å²) < 4.78 is 25.2. The topological polar surface area (TPSA) is 74.7 Å². The highest BCUT2D eigenvalue weighted by Crippen LogP contribution is 2.35. The van der Waals surface area contributed by atoms with Crippen LogP contribution in [-0.2, 0) is 14.8 Å². The van der Waals surface area contributed by atoms with Gasteiger partial charge in [-0.15, -0.1) is 0 Å². The molecule has 0 aromatic rings. The minimum atomic E-state index is -3.22. The Morgan fingerprint density at radius 1 is 1.38 bits per heavy atom. The van der Waals surface area contributed by atoms with Gasteiger partial charge in [0.2, 0.25) is 10.0 Å². The number of hydrogen-bond acceptors (Lipinski definition) is 3. The Balaban J connectivity index is 2.22. The zero-order valence-electron chi connectivity index (χ0n) is 9.30. The first-order valence-corrected chi connectivity index (χ1v) is 7.25. The smallest absolute Gasteiger partial charge is 0.308 e. The molecular weight excluding hydrogens is 230 g/mol. The Morgan fingerprint density at radius 3 is 2.56 bits per heavy atom. The summed E-state index contributed by atoms with van der Waals surface area (Å²) in [4.78, 5) is 11.0. The number of rotatable bonds is 2. The van der Waals surface area contributed by atoms with E-state index in [2.05, 4.69) is 0 Å². The van der Waals surface area contributed by atoms with Crippen molar-refractivity contribution in [1.82, 2.24) is 4.31 Å². The van der Waals surface area contributed by atoms with E-state index in [1.807, 2.05) is 6.92 Å². The van der Waals surface area contributed by atoms with Crippen molar-refractivity contribution in [2.24, 2.45) is 11.8 Å². The molecule has 1 heterocycles. The van der Waals surface area contributed by atoms with Gasteiger partial charge in [-0.25, -0.2) is 8.42 Å². The summed E-state index contributed by atoms with van der Waals surface area (Å²) >= 11 is 0. The van der Waals surface area contributed by atoms with Crippen molar-refractivity contribution in [2.75, 3.05) is 12.3 Å². The van der Waals surface area contributed by atoms with Crippen LogP contribution in [0.1, 0.15) is 26.2 Å². The normalized spacial score (nSPS) is 38.9. The molecule has 1 aliphatic carbocycles. The zero-order chi connectivity index (χ0) is 11.9. The summed E-state index contributed by atoms with van der Waals surface area (Å²) in [5, 5.41) is 9.06. The summed E-state index contributed by atoms with van der Waals surface area (Å²) in [5.41, 5.74) is 0. The van der Waals surface area contributed by atoms with E-state index in [9.17, 15) is 13.2 Å². The van der Waals surface area contributed by atoms with E-state index < -0.39 is 21.9 Å². The summed E-state index contributed by atoms with van der Waals surface area (Å²) in [6, 6.07) is -0.313. The predicted molar refractivity (Wildman–Crippen MR) is 58.4 cm³/mol. The molecule has 2 aliphatic rings. The molecule has 0 radical (unpaired) electrons. The molecule has 0 bridgehead atoms. The Labute approximate surface area is 95.5 Å². The van der Waals surface area contributed by atoms with Gasteiger partial charge >= 0.3 is 5.97 Å². The van der Waals surface area contributed by atoms with Crippen LogP contribution in [0.15, 0.2) is 0 Å². The molecule has 0 aromatic heterocycles. The lowest BCUT2D eigenvalue weighted by Crippen LogP contribution is -2.41. The van der Waals surface area contributed by atoms with E-state index in [0.717, 1.165) is 6.42 Å². The molecule has 3 unspecified atom stereocenters. The third-order valence-electron chi connectivity index (χ3n) is 3.51. The quantitative estimate of drug-likeness (QED) is 0.772. The molecule has 0 spiro atoms. The maximum Gasteiger partial charge on any atom is 0.308 e. The Hall–Kier alpha value is -0.620. The maximum atomic E-state index is 11.9. The van der Waals surface area contributed by atoms with E-state index in [4.69, 9.17) is 5.11 Å². The lowest BCUT2D eigenvalue weighted by molar-refractivity contribution is -0.142. The number of hydrogen-bond donors (Lipinski definition) is 1. The van der Waals surface area contributed by atoms with Gasteiger partial charge in [-0.1, -0.05) is 13.3 Å². The average Bonchev–Trinajstić information content (AvgIpc) is 2.68. The molecule has 0 amide bonds. The molecule has 1 aliphatic heterocycles. The summed E-state index contributed by atoms with van der Waals surface area (Å²) in [7, 11) is -3.22. The molecule has 5 nitrogen and oxygen atoms in total. The predicted octanol–water partition coefficient (Wildman–Crippen LogP) is 0.521. The van der Waals surface area contributed by atoms with Crippen molar-refractivity contribution in [3.8, 4) is 0 Å². The molecule has 2 fully saturated rings. The molecule has 1 N–H and O–H groups in total. The Morgan fingerprint density at radius 2 is 2.06 bits per heavy atom. The first-order valence-electron chi connectivity index (χ1n) is 5.64. The van der Waals surface area contributed by atoms with Crippen molar-refractivity contribution in [2.45, 2.75) is 32.2 Å². The van der Waals surface area contributed by atoms with E-state index in [1.54, 1.807) is 0 Å². The van der Waals surface area contributed by atoms with Crippen LogP contribution >= 0.6 is 0 Å². The SMILES string of the molecule is CC1CN(C2CCCC2C(=O)O)S(=O)(=O)C1. The van der Waals surface area contributed by atoms with E-state index in [-0.39, 0.29) is 17.7 Å². The fourth-order valence-corrected chi connectivity index (χ4v) is 5.01. The summed E-state index contributed by atoms with van der Waals surface area (Å²) in [5.74, 6) is -1.10. The van der Waals surface area contributed by atoms with Crippen LogP contribution in [-0.4, -0.2) is 42.1 Å². The first-order chi connectivity index (χ1) is 7.42. The van der Waals surface area contributed by atoms with Gasteiger partial charge < -0.3 is 5.11 Å². The molecule has 92 valence electrons. The van der Waals surface area contributed by atoms with Gasteiger partial charge in [0.25, 0.3) is 0 Å². The van der Waals surface area contributed by atoms with Crippen molar-refractivity contribution >= 4 is 16.0 Å². The number of nitrogens with zero attached hydrogens (tertiary/aromatic N) is 1. The second-order valence-electron chi connectivity index (χ2n) is 4.90. The van der Waals surface area contributed by atoms with Gasteiger partial charge in [0, 0.05) is 12.6 Å². The summed E-state index contributed by atoms with van der Waals surface area (Å²) in [6.45, 7) is 2.37. The molecule has 6 heteroatoms. The number of carboxylic acids is 1. The highest BCUT2D eigenvalue weighted by Gasteiger charge is 2.45. The van der Waals surface area contributed by atoms with Crippen LogP contribution in [0.4, 0.5) is 0 Å². The third-order valence-corrected chi connectivity index (χ3v) is 5.64. The number of carboxylic acid groups (broad SMARTS) is 1. The molecule has 1 saturated carbocycles. The van der Waals surface area contributed by atoms with Gasteiger partial charge in [0.15, 0.2) is 0 Å². The summed E-state index contributed by atoms with van der Waals surface area (Å²) in [6.07, 6.45) is 2.09. The van der Waals surface area contributed by atoms with Crippen LogP contribution < -0.4 is 0 Å². The second-order valence-corrected chi connectivity index (χ2v) is 6.86. The van der Waals surface area contributed by atoms with E-state index >= 15 is 0 Å². The Kier molecular flexibility index (Phi) is 2.96. The monoisotopic (exact) mass is 247 g/mol. The standard InChI is InChI=1S/C10H17NO4S/c1-7-5-11(16(14,15)6-7)9-4-2-3-8(9)10(12)13/h7-9H,2-6H2,1H3,(H,12,13). The molecule has 1 saturated heterocycles. The largest absolute Gasteiger partial charge is 0.481 e. The van der Waals surface area contributed by atoms with Crippen molar-refractivity contribution < 1.29 is 18.3 Å². The average molecular weight is 247 g/mol. The van der Waals surface area contributed by atoms with Gasteiger partial charge in [-0.05, 0) is 18.8 Å². The van der Waals surface area contributed by atoms with Gasteiger partial charge in [0.1, 0.15) is 0 Å². The number of sulfonamides is 1. The lowest BCUT2D eigenvalue weighted by atomic mass is 10.0. The van der Waals surface area contributed by atoms with Gasteiger partial charge in [0.05, 0.1) is 11.7 Å². The highest BCUT2D eigenvalue weighted by molar-refractivity contribution is 7.89. The minimum absolute atomic E-state index is 0.111. The second kappa shape index (κ2) is 4.00. The highest BCUT2D eigenvalue weighted by atomic mass is 32.2. The van der Waals surface area contributed by atoms with Gasteiger partial charge in [-0.2, -0.15) is 4.31 Å². The fourth-order valence-electron chi connectivity index (χ4n) is 2.84. The molecule has 0 aromatic carbocycles. The first kappa shape index (κ1) is 11.9. The molecule has 2 rings (SSSR count).